The molecule has 6 heteroatoms. The molecule has 0 radical (unpaired) electrons. The number of β-amino-alcohol motifs (C(OH)–C–C–N with tert-alkyl or cyclic N) is 1. The van der Waals surface area contributed by atoms with E-state index in [2.05, 4.69) is 15.1 Å². The van der Waals surface area contributed by atoms with Gasteiger partial charge < -0.3 is 15.2 Å². The molecule has 1 heterocycles. The van der Waals surface area contributed by atoms with Crippen molar-refractivity contribution in [3.05, 3.63) is 35.4 Å². The first-order chi connectivity index (χ1) is 11.2. The normalized spacial score (nSPS) is 16.4. The van der Waals surface area contributed by atoms with Crippen LogP contribution in [-0.4, -0.2) is 73.8 Å². The zero-order valence-electron chi connectivity index (χ0n) is 13.8. The van der Waals surface area contributed by atoms with E-state index in [1.165, 1.54) is 0 Å². The summed E-state index contributed by atoms with van der Waals surface area (Å²) in [5.41, 5.74) is 2.20. The molecule has 0 unspecified atom stereocenters. The van der Waals surface area contributed by atoms with Crippen LogP contribution in [0.3, 0.4) is 0 Å². The molecule has 1 aliphatic heterocycles. The van der Waals surface area contributed by atoms with Gasteiger partial charge in [-0.25, -0.2) is 0 Å². The molecule has 0 saturated carbocycles. The van der Waals surface area contributed by atoms with Crippen LogP contribution in [0.4, 0.5) is 0 Å². The van der Waals surface area contributed by atoms with E-state index in [0.29, 0.717) is 19.7 Å². The molecule has 2 rings (SSSR count). The minimum Gasteiger partial charge on any atom is -0.395 e. The highest BCUT2D eigenvalue weighted by molar-refractivity contribution is 5.78. The molecule has 0 aromatic heterocycles. The zero-order valence-corrected chi connectivity index (χ0v) is 13.8. The lowest BCUT2D eigenvalue weighted by molar-refractivity contribution is -0.122. The van der Waals surface area contributed by atoms with Crippen molar-refractivity contribution in [2.24, 2.45) is 0 Å². The minimum absolute atomic E-state index is 0.0489. The molecule has 1 aliphatic rings. The molecule has 1 saturated heterocycles. The number of ether oxygens (including phenoxy) is 1. The number of aliphatic hydroxyl groups is 1. The number of hydrogen-bond acceptors (Lipinski definition) is 5. The van der Waals surface area contributed by atoms with Crippen LogP contribution < -0.4 is 5.32 Å². The van der Waals surface area contributed by atoms with Gasteiger partial charge in [0.15, 0.2) is 0 Å². The Bertz CT molecular complexity index is 488. The van der Waals surface area contributed by atoms with Crippen LogP contribution in [0.5, 0.6) is 0 Å². The third-order valence-electron chi connectivity index (χ3n) is 4.14. The Labute approximate surface area is 138 Å². The summed E-state index contributed by atoms with van der Waals surface area (Å²) in [7, 11) is 1.67. The average molecular weight is 321 g/mol. The first-order valence-corrected chi connectivity index (χ1v) is 8.11. The van der Waals surface area contributed by atoms with E-state index in [9.17, 15) is 4.79 Å². The molecule has 1 fully saturated rings. The van der Waals surface area contributed by atoms with Crippen LogP contribution in [0.25, 0.3) is 0 Å². The van der Waals surface area contributed by atoms with Crippen LogP contribution in [-0.2, 0) is 22.7 Å². The summed E-state index contributed by atoms with van der Waals surface area (Å²) in [4.78, 5) is 16.5. The number of carbonyl (C=O) groups is 1. The third-order valence-corrected chi connectivity index (χ3v) is 4.14. The van der Waals surface area contributed by atoms with E-state index in [1.807, 2.05) is 24.3 Å². The number of hydrogen-bond donors (Lipinski definition) is 2. The number of rotatable bonds is 8. The van der Waals surface area contributed by atoms with E-state index < -0.39 is 0 Å². The lowest BCUT2D eigenvalue weighted by atomic mass is 10.1. The number of methoxy groups -OCH3 is 1. The molecule has 0 aliphatic carbocycles. The number of piperazine rings is 1. The van der Waals surface area contributed by atoms with E-state index in [-0.39, 0.29) is 12.5 Å². The van der Waals surface area contributed by atoms with Gasteiger partial charge in [0.25, 0.3) is 0 Å². The van der Waals surface area contributed by atoms with Crippen LogP contribution >= 0.6 is 0 Å². The Kier molecular flexibility index (Phi) is 7.48. The van der Waals surface area contributed by atoms with Gasteiger partial charge in [0.1, 0.15) is 0 Å². The second-order valence-corrected chi connectivity index (χ2v) is 5.82. The van der Waals surface area contributed by atoms with Gasteiger partial charge in [0.2, 0.25) is 5.91 Å². The largest absolute Gasteiger partial charge is 0.395 e. The number of amides is 1. The highest BCUT2D eigenvalue weighted by Crippen LogP contribution is 2.09. The SMILES string of the molecule is COCc1ccccc1CNC(=O)CN1CCN(CCO)CC1. The van der Waals surface area contributed by atoms with E-state index in [4.69, 9.17) is 9.84 Å². The number of benzene rings is 1. The van der Waals surface area contributed by atoms with Gasteiger partial charge in [-0.15, -0.1) is 0 Å². The molecule has 0 atom stereocenters. The van der Waals surface area contributed by atoms with Crippen molar-refractivity contribution >= 4 is 5.91 Å². The highest BCUT2D eigenvalue weighted by Gasteiger charge is 2.18. The van der Waals surface area contributed by atoms with Gasteiger partial charge in [0.05, 0.1) is 19.8 Å². The number of aliphatic hydroxyl groups excluding tert-OH is 1. The van der Waals surface area contributed by atoms with Gasteiger partial charge in [0, 0.05) is 46.4 Å². The van der Waals surface area contributed by atoms with Crippen LogP contribution in [0.1, 0.15) is 11.1 Å². The summed E-state index contributed by atoms with van der Waals surface area (Å²) in [6.07, 6.45) is 0. The predicted octanol–water partition coefficient (Wildman–Crippen LogP) is 0.0591. The summed E-state index contributed by atoms with van der Waals surface area (Å²) in [5, 5.41) is 11.9. The second-order valence-electron chi connectivity index (χ2n) is 5.82. The molecule has 0 bridgehead atoms. The number of nitrogens with one attached hydrogen (secondary N) is 1. The maximum absolute atomic E-state index is 12.1. The first kappa shape index (κ1) is 17.9. The predicted molar refractivity (Wildman–Crippen MR) is 89.0 cm³/mol. The van der Waals surface area contributed by atoms with Crippen LogP contribution in [0, 0.1) is 0 Å². The Morgan fingerprint density at radius 2 is 1.83 bits per heavy atom. The maximum Gasteiger partial charge on any atom is 0.234 e. The lowest BCUT2D eigenvalue weighted by Crippen LogP contribution is -2.49. The van der Waals surface area contributed by atoms with Gasteiger partial charge in [-0.3, -0.25) is 14.6 Å². The molecular formula is C17H27N3O3. The Hall–Kier alpha value is -1.47. The molecule has 6 nitrogen and oxygen atoms in total. The quantitative estimate of drug-likeness (QED) is 0.709. The fourth-order valence-electron chi connectivity index (χ4n) is 2.79. The van der Waals surface area contributed by atoms with Crippen molar-refractivity contribution < 1.29 is 14.6 Å². The highest BCUT2D eigenvalue weighted by atomic mass is 16.5. The van der Waals surface area contributed by atoms with E-state index in [1.54, 1.807) is 7.11 Å². The maximum atomic E-state index is 12.1. The van der Waals surface area contributed by atoms with Crippen molar-refractivity contribution in [2.45, 2.75) is 13.2 Å². The van der Waals surface area contributed by atoms with Crippen molar-refractivity contribution in [3.63, 3.8) is 0 Å². The standard InChI is InChI=1S/C17H27N3O3/c1-23-14-16-5-3-2-4-15(16)12-18-17(22)13-20-8-6-19(7-9-20)10-11-21/h2-5,21H,6-14H2,1H3,(H,18,22). The number of nitrogens with zero attached hydrogens (tertiary/aromatic N) is 2. The van der Waals surface area contributed by atoms with Crippen LogP contribution in [0.15, 0.2) is 24.3 Å². The Morgan fingerprint density at radius 3 is 2.48 bits per heavy atom. The molecule has 0 spiro atoms. The molecule has 1 aromatic rings. The fourth-order valence-corrected chi connectivity index (χ4v) is 2.79. The Balaban J connectivity index is 1.74. The van der Waals surface area contributed by atoms with Gasteiger partial charge in [-0.05, 0) is 11.1 Å². The minimum atomic E-state index is 0.0489. The number of carbonyl (C=O) groups excluding carboxylic acids is 1. The summed E-state index contributed by atoms with van der Waals surface area (Å²) >= 11 is 0. The molecular weight excluding hydrogens is 294 g/mol. The van der Waals surface area contributed by atoms with Gasteiger partial charge in [-0.1, -0.05) is 24.3 Å². The van der Waals surface area contributed by atoms with E-state index in [0.717, 1.165) is 43.9 Å². The molecule has 2 N–H and O–H groups in total. The molecule has 128 valence electrons. The topological polar surface area (TPSA) is 65.0 Å². The van der Waals surface area contributed by atoms with Crippen LogP contribution in [0.2, 0.25) is 0 Å². The molecule has 23 heavy (non-hydrogen) atoms. The third kappa shape index (κ3) is 5.91. The zero-order chi connectivity index (χ0) is 16.5. The second kappa shape index (κ2) is 9.62. The Morgan fingerprint density at radius 1 is 1.17 bits per heavy atom. The van der Waals surface area contributed by atoms with Crippen molar-refractivity contribution in [1.82, 2.24) is 15.1 Å². The van der Waals surface area contributed by atoms with Crippen molar-refractivity contribution in [1.29, 1.82) is 0 Å². The van der Waals surface area contributed by atoms with Gasteiger partial charge in [-0.2, -0.15) is 0 Å². The lowest BCUT2D eigenvalue weighted by Gasteiger charge is -2.33. The average Bonchev–Trinajstić information content (AvgIpc) is 2.56. The van der Waals surface area contributed by atoms with Crippen molar-refractivity contribution in [2.75, 3.05) is 53.0 Å². The molecule has 1 amide bonds. The summed E-state index contributed by atoms with van der Waals surface area (Å²) in [6.45, 7) is 5.98. The summed E-state index contributed by atoms with van der Waals surface area (Å²) in [6, 6.07) is 7.99. The van der Waals surface area contributed by atoms with Gasteiger partial charge >= 0.3 is 0 Å². The molecule has 1 aromatic carbocycles. The summed E-state index contributed by atoms with van der Waals surface area (Å²) < 4.78 is 5.18. The monoisotopic (exact) mass is 321 g/mol. The smallest absolute Gasteiger partial charge is 0.234 e. The fraction of sp³-hybridized carbons (Fsp3) is 0.588. The first-order valence-electron chi connectivity index (χ1n) is 8.11. The summed E-state index contributed by atoms with van der Waals surface area (Å²) in [5.74, 6) is 0.0489. The van der Waals surface area contributed by atoms with Crippen molar-refractivity contribution in [3.8, 4) is 0 Å². The van der Waals surface area contributed by atoms with E-state index >= 15 is 0 Å².